The molecule has 0 amide bonds. The van der Waals surface area contributed by atoms with Crippen LogP contribution in [0.25, 0.3) is 11.1 Å². The van der Waals surface area contributed by atoms with Gasteiger partial charge in [-0.1, -0.05) is 36.4 Å². The van der Waals surface area contributed by atoms with Gasteiger partial charge in [-0.05, 0) is 35.7 Å². The maximum Gasteiger partial charge on any atom is 0.387 e. The smallest absolute Gasteiger partial charge is 0.387 e. The molecule has 3 heteroatoms. The van der Waals surface area contributed by atoms with Crippen molar-refractivity contribution in [1.29, 1.82) is 0 Å². The summed E-state index contributed by atoms with van der Waals surface area (Å²) in [6.07, 6.45) is 0. The number of hydrogen-bond acceptors (Lipinski definition) is 1. The maximum atomic E-state index is 12.1. The van der Waals surface area contributed by atoms with Crippen LogP contribution in [0.4, 0.5) is 8.78 Å². The van der Waals surface area contributed by atoms with Crippen LogP contribution in [0.3, 0.4) is 0 Å². The monoisotopic (exact) mass is 234 g/mol. The molecule has 0 spiro atoms. The standard InChI is InChI=1S/C14H12F2O/c1-10-9-12(11-5-3-2-4-6-11)7-8-13(10)17-14(15)16/h2-9,14H,1H3. The van der Waals surface area contributed by atoms with E-state index in [-0.39, 0.29) is 5.75 Å². The van der Waals surface area contributed by atoms with Crippen LogP contribution in [0, 0.1) is 6.92 Å². The molecule has 0 atom stereocenters. The first-order valence-electron chi connectivity index (χ1n) is 5.27. The van der Waals surface area contributed by atoms with Crippen molar-refractivity contribution in [2.75, 3.05) is 0 Å². The summed E-state index contributed by atoms with van der Waals surface area (Å²) in [5, 5.41) is 0. The molecule has 0 bridgehead atoms. The van der Waals surface area contributed by atoms with E-state index < -0.39 is 6.61 Å². The second-order valence-electron chi connectivity index (χ2n) is 3.72. The molecule has 0 aliphatic carbocycles. The van der Waals surface area contributed by atoms with Gasteiger partial charge in [0.15, 0.2) is 0 Å². The van der Waals surface area contributed by atoms with Gasteiger partial charge in [0.2, 0.25) is 0 Å². The molecular formula is C14H12F2O. The lowest BCUT2D eigenvalue weighted by atomic mass is 10.0. The third-order valence-corrected chi connectivity index (χ3v) is 2.50. The molecule has 0 aliphatic heterocycles. The van der Waals surface area contributed by atoms with Crippen molar-refractivity contribution in [3.05, 3.63) is 54.1 Å². The second-order valence-corrected chi connectivity index (χ2v) is 3.72. The Morgan fingerprint density at radius 3 is 2.24 bits per heavy atom. The van der Waals surface area contributed by atoms with Crippen LogP contribution in [-0.4, -0.2) is 6.61 Å². The number of aryl methyl sites for hydroxylation is 1. The molecule has 0 fully saturated rings. The maximum absolute atomic E-state index is 12.1. The van der Waals surface area contributed by atoms with Gasteiger partial charge in [-0.15, -0.1) is 0 Å². The molecule has 0 saturated heterocycles. The van der Waals surface area contributed by atoms with E-state index in [0.717, 1.165) is 11.1 Å². The first-order chi connectivity index (χ1) is 8.16. The third-order valence-electron chi connectivity index (χ3n) is 2.50. The number of benzene rings is 2. The fraction of sp³-hybridized carbons (Fsp3) is 0.143. The van der Waals surface area contributed by atoms with Gasteiger partial charge in [0.25, 0.3) is 0 Å². The highest BCUT2D eigenvalue weighted by Gasteiger charge is 2.08. The predicted molar refractivity (Wildman–Crippen MR) is 63.2 cm³/mol. The molecule has 0 unspecified atom stereocenters. The van der Waals surface area contributed by atoms with Gasteiger partial charge in [-0.3, -0.25) is 0 Å². The van der Waals surface area contributed by atoms with E-state index in [0.29, 0.717) is 5.56 Å². The minimum Gasteiger partial charge on any atom is -0.435 e. The summed E-state index contributed by atoms with van der Waals surface area (Å²) in [7, 11) is 0. The van der Waals surface area contributed by atoms with E-state index >= 15 is 0 Å². The van der Waals surface area contributed by atoms with E-state index in [4.69, 9.17) is 0 Å². The Balaban J connectivity index is 2.31. The fourth-order valence-electron chi connectivity index (χ4n) is 1.69. The van der Waals surface area contributed by atoms with Crippen LogP contribution in [0.15, 0.2) is 48.5 Å². The Hall–Kier alpha value is -1.90. The van der Waals surface area contributed by atoms with Gasteiger partial charge in [0.1, 0.15) is 5.75 Å². The summed E-state index contributed by atoms with van der Waals surface area (Å²) in [4.78, 5) is 0. The largest absolute Gasteiger partial charge is 0.435 e. The molecule has 0 aliphatic rings. The highest BCUT2D eigenvalue weighted by molar-refractivity contribution is 5.65. The lowest BCUT2D eigenvalue weighted by molar-refractivity contribution is -0.0502. The third kappa shape index (κ3) is 2.81. The number of alkyl halides is 2. The summed E-state index contributed by atoms with van der Waals surface area (Å²) < 4.78 is 28.6. The van der Waals surface area contributed by atoms with Gasteiger partial charge in [-0.2, -0.15) is 8.78 Å². The number of halogens is 2. The molecule has 1 nitrogen and oxygen atoms in total. The Morgan fingerprint density at radius 1 is 0.941 bits per heavy atom. The van der Waals surface area contributed by atoms with E-state index in [2.05, 4.69) is 4.74 Å². The normalized spacial score (nSPS) is 10.6. The first kappa shape index (κ1) is 11.6. The zero-order chi connectivity index (χ0) is 12.3. The molecule has 17 heavy (non-hydrogen) atoms. The van der Waals surface area contributed by atoms with Crippen molar-refractivity contribution in [1.82, 2.24) is 0 Å². The fourth-order valence-corrected chi connectivity index (χ4v) is 1.69. The van der Waals surface area contributed by atoms with E-state index in [1.54, 1.807) is 19.1 Å². The molecule has 2 aromatic carbocycles. The van der Waals surface area contributed by atoms with Crippen LogP contribution in [0.2, 0.25) is 0 Å². The predicted octanol–water partition coefficient (Wildman–Crippen LogP) is 4.26. The van der Waals surface area contributed by atoms with E-state index in [1.807, 2.05) is 36.4 Å². The summed E-state index contributed by atoms with van der Waals surface area (Å²) >= 11 is 0. The summed E-state index contributed by atoms with van der Waals surface area (Å²) in [5.74, 6) is 0.222. The van der Waals surface area contributed by atoms with E-state index in [9.17, 15) is 8.78 Å². The average Bonchev–Trinajstić information content (AvgIpc) is 2.32. The van der Waals surface area contributed by atoms with Crippen molar-refractivity contribution in [2.45, 2.75) is 13.5 Å². The lowest BCUT2D eigenvalue weighted by Crippen LogP contribution is -2.03. The Bertz CT molecular complexity index is 495. The molecule has 88 valence electrons. The van der Waals surface area contributed by atoms with Crippen molar-refractivity contribution >= 4 is 0 Å². The second kappa shape index (κ2) is 4.95. The minimum absolute atomic E-state index is 0.222. The summed E-state index contributed by atoms with van der Waals surface area (Å²) in [6.45, 7) is -1.03. The molecule has 0 heterocycles. The average molecular weight is 234 g/mol. The topological polar surface area (TPSA) is 9.23 Å². The molecule has 0 aromatic heterocycles. The first-order valence-corrected chi connectivity index (χ1v) is 5.27. The molecule has 0 saturated carbocycles. The zero-order valence-corrected chi connectivity index (χ0v) is 9.36. The van der Waals surface area contributed by atoms with Crippen LogP contribution < -0.4 is 4.74 Å². The lowest BCUT2D eigenvalue weighted by Gasteiger charge is -2.09. The Kier molecular flexibility index (Phi) is 3.38. The summed E-state index contributed by atoms with van der Waals surface area (Å²) in [5.41, 5.74) is 2.75. The molecule has 2 aromatic rings. The summed E-state index contributed by atoms with van der Waals surface area (Å²) in [6, 6.07) is 15.0. The number of rotatable bonds is 3. The minimum atomic E-state index is -2.78. The van der Waals surface area contributed by atoms with Crippen LogP contribution in [0.1, 0.15) is 5.56 Å². The molecule has 2 rings (SSSR count). The van der Waals surface area contributed by atoms with Crippen LogP contribution in [0.5, 0.6) is 5.75 Å². The number of hydrogen-bond donors (Lipinski definition) is 0. The van der Waals surface area contributed by atoms with Crippen molar-refractivity contribution < 1.29 is 13.5 Å². The van der Waals surface area contributed by atoms with Crippen molar-refractivity contribution in [3.8, 4) is 16.9 Å². The van der Waals surface area contributed by atoms with Gasteiger partial charge in [-0.25, -0.2) is 0 Å². The van der Waals surface area contributed by atoms with Gasteiger partial charge < -0.3 is 4.74 Å². The molecular weight excluding hydrogens is 222 g/mol. The van der Waals surface area contributed by atoms with Crippen LogP contribution >= 0.6 is 0 Å². The van der Waals surface area contributed by atoms with Gasteiger partial charge in [0.05, 0.1) is 0 Å². The van der Waals surface area contributed by atoms with Gasteiger partial charge >= 0.3 is 6.61 Å². The molecule has 0 N–H and O–H groups in total. The Labute approximate surface area is 98.7 Å². The number of ether oxygens (including phenoxy) is 1. The van der Waals surface area contributed by atoms with Crippen LogP contribution in [-0.2, 0) is 0 Å². The molecule has 0 radical (unpaired) electrons. The quantitative estimate of drug-likeness (QED) is 0.770. The zero-order valence-electron chi connectivity index (χ0n) is 9.36. The Morgan fingerprint density at radius 2 is 1.65 bits per heavy atom. The highest BCUT2D eigenvalue weighted by Crippen LogP contribution is 2.26. The van der Waals surface area contributed by atoms with Crippen molar-refractivity contribution in [2.24, 2.45) is 0 Å². The van der Waals surface area contributed by atoms with Gasteiger partial charge in [0, 0.05) is 0 Å². The van der Waals surface area contributed by atoms with E-state index in [1.165, 1.54) is 0 Å². The highest BCUT2D eigenvalue weighted by atomic mass is 19.3. The SMILES string of the molecule is Cc1cc(-c2ccccc2)ccc1OC(F)F. The van der Waals surface area contributed by atoms with Crippen molar-refractivity contribution in [3.63, 3.8) is 0 Å².